The fourth-order valence-electron chi connectivity index (χ4n) is 2.48. The van der Waals surface area contributed by atoms with Crippen molar-refractivity contribution in [2.45, 2.75) is 44.9 Å². The largest absolute Gasteiger partial charge is 1.00 e. The van der Waals surface area contributed by atoms with Gasteiger partial charge in [0, 0.05) is 30.0 Å². The first-order chi connectivity index (χ1) is 15.8. The summed E-state index contributed by atoms with van der Waals surface area (Å²) in [5, 5.41) is 25.4. The van der Waals surface area contributed by atoms with E-state index in [1.54, 1.807) is 0 Å². The van der Waals surface area contributed by atoms with Gasteiger partial charge >= 0.3 is 29.6 Å². The quantitative estimate of drug-likeness (QED) is 0.121. The molecule has 39 heavy (non-hydrogen) atoms. The number of non-ortho nitro benzene ring substituents is 2. The molecule has 1 fully saturated rings. The Hall–Kier alpha value is -2.39. The Bertz CT molecular complexity index is 1350. The number of sulfonamides is 1. The maximum absolute atomic E-state index is 10.9. The molecular weight excluding hydrogens is 593 g/mol. The first-order valence-electron chi connectivity index (χ1n) is 9.12. The van der Waals surface area contributed by atoms with Gasteiger partial charge in [0.1, 0.15) is 24.9 Å². The molecule has 1 aliphatic rings. The van der Waals surface area contributed by atoms with Crippen LogP contribution in [-0.2, 0) is 30.0 Å². The van der Waals surface area contributed by atoms with Gasteiger partial charge in [0.25, 0.3) is 11.4 Å². The van der Waals surface area contributed by atoms with Crippen molar-refractivity contribution in [2.24, 2.45) is 5.14 Å². The molecule has 2 aromatic carbocycles. The maximum Gasteiger partial charge on any atom is 1.00 e. The van der Waals surface area contributed by atoms with Crippen molar-refractivity contribution in [3.63, 3.8) is 0 Å². The van der Waals surface area contributed by atoms with Gasteiger partial charge < -0.3 is 16.0 Å². The van der Waals surface area contributed by atoms with E-state index in [2.05, 4.69) is 0 Å². The Balaban J connectivity index is -0.000000234. The SMILES string of the molecule is C.C.C.Nc1ccc([N+](=O)[O-])cc1S(=O)(=O)[O-].Nc1ccc([N+](=O)[O-])cc1S(N)(=O)=O.O=S1(=O)CCCC1.[Na+]. The van der Waals surface area contributed by atoms with E-state index in [-0.39, 0.29) is 68.9 Å². The van der Waals surface area contributed by atoms with Gasteiger partial charge in [-0.05, 0) is 25.0 Å². The molecule has 16 nitrogen and oxygen atoms in total. The summed E-state index contributed by atoms with van der Waals surface area (Å²) in [6.45, 7) is 0. The minimum absolute atomic E-state index is 0. The van der Waals surface area contributed by atoms with Crippen LogP contribution in [-0.4, -0.2) is 51.2 Å². The van der Waals surface area contributed by atoms with Crippen LogP contribution in [0.3, 0.4) is 0 Å². The summed E-state index contributed by atoms with van der Waals surface area (Å²) in [6.07, 6.45) is 1.75. The molecule has 3 rings (SSSR count). The number of nitro groups is 2. The summed E-state index contributed by atoms with van der Waals surface area (Å²) in [5.41, 5.74) is 9.19. The molecule has 2 aromatic rings. The Morgan fingerprint density at radius 2 is 1.08 bits per heavy atom. The van der Waals surface area contributed by atoms with Crippen molar-refractivity contribution >= 4 is 52.7 Å². The molecule has 0 saturated carbocycles. The predicted molar refractivity (Wildman–Crippen MR) is 142 cm³/mol. The number of nitrogens with zero attached hydrogens (tertiary/aromatic N) is 2. The normalized spacial score (nSPS) is 13.1. The van der Waals surface area contributed by atoms with Crippen molar-refractivity contribution in [3.8, 4) is 0 Å². The van der Waals surface area contributed by atoms with Gasteiger partial charge in [0.15, 0.2) is 0 Å². The Labute approximate surface area is 250 Å². The van der Waals surface area contributed by atoms with E-state index in [4.69, 9.17) is 16.6 Å². The fourth-order valence-corrected chi connectivity index (χ4v) is 5.28. The van der Waals surface area contributed by atoms with Crippen molar-refractivity contribution in [1.29, 1.82) is 0 Å². The van der Waals surface area contributed by atoms with Gasteiger partial charge in [0.05, 0.1) is 31.9 Å². The van der Waals surface area contributed by atoms with Crippen LogP contribution < -0.4 is 46.2 Å². The van der Waals surface area contributed by atoms with Crippen molar-refractivity contribution in [2.75, 3.05) is 23.0 Å². The van der Waals surface area contributed by atoms with Crippen LogP contribution in [0.2, 0.25) is 0 Å². The summed E-state index contributed by atoms with van der Waals surface area (Å²) < 4.78 is 74.4. The first-order valence-corrected chi connectivity index (χ1v) is 13.9. The van der Waals surface area contributed by atoms with E-state index >= 15 is 0 Å². The predicted octanol–water partition coefficient (Wildman–Crippen LogP) is -0.987. The number of benzene rings is 2. The molecule has 6 N–H and O–H groups in total. The molecular formula is C19H32N5NaO11S3. The molecule has 20 heteroatoms. The summed E-state index contributed by atoms with van der Waals surface area (Å²) in [7, 11) is -11.3. The third kappa shape index (κ3) is 14.5. The number of primary sulfonamides is 1. The second-order valence-electron chi connectivity index (χ2n) is 6.82. The van der Waals surface area contributed by atoms with Crippen LogP contribution in [0, 0.1) is 20.2 Å². The van der Waals surface area contributed by atoms with Crippen LogP contribution in [0.1, 0.15) is 35.1 Å². The molecule has 1 saturated heterocycles. The second kappa shape index (κ2) is 17.3. The molecule has 0 atom stereocenters. The zero-order valence-corrected chi connectivity index (χ0v) is 23.1. The molecule has 0 spiro atoms. The molecule has 0 aliphatic carbocycles. The van der Waals surface area contributed by atoms with Crippen LogP contribution in [0.5, 0.6) is 0 Å². The molecule has 1 aliphatic heterocycles. The van der Waals surface area contributed by atoms with Gasteiger partial charge in [0.2, 0.25) is 10.0 Å². The molecule has 0 radical (unpaired) electrons. The number of nitro benzene ring substituents is 2. The second-order valence-corrected chi connectivity index (χ2v) is 12.0. The number of nitrogen functional groups attached to an aromatic ring is 2. The Kier molecular flexibility index (Phi) is 19.4. The van der Waals surface area contributed by atoms with Gasteiger partial charge in [-0.3, -0.25) is 20.2 Å². The van der Waals surface area contributed by atoms with Gasteiger partial charge in [-0.25, -0.2) is 30.4 Å². The standard InChI is InChI=1S/C6H7N3O4S.C6H6N2O5S.C4H8O2S.3CH4.Na/c7-5-2-1-4(9(10)11)3-6(5)14(8,12)13;7-5-2-1-4(8(9)10)3-6(5)14(11,12)13;5-7(6)3-1-2-4-7;;;;/h1-3H,7H2,(H2,8,12,13);1-3H,7H2,(H,11,12,13);1-4H2;3*1H4;/q;;;;;;+1/p-1. The zero-order chi connectivity index (χ0) is 27.2. The summed E-state index contributed by atoms with van der Waals surface area (Å²) in [6, 6.07) is 5.71. The minimum atomic E-state index is -4.77. The fraction of sp³-hybridized carbons (Fsp3) is 0.368. The van der Waals surface area contributed by atoms with Gasteiger partial charge in [-0.15, -0.1) is 0 Å². The molecule has 218 valence electrons. The molecule has 0 aromatic heterocycles. The van der Waals surface area contributed by atoms with E-state index in [0.29, 0.717) is 17.6 Å². The van der Waals surface area contributed by atoms with E-state index in [9.17, 15) is 50.0 Å². The Morgan fingerprint density at radius 1 is 0.744 bits per heavy atom. The zero-order valence-electron chi connectivity index (χ0n) is 18.6. The number of rotatable bonds is 4. The first kappa shape index (κ1) is 43.7. The van der Waals surface area contributed by atoms with E-state index in [1.807, 2.05) is 0 Å². The summed E-state index contributed by atoms with van der Waals surface area (Å²) >= 11 is 0. The van der Waals surface area contributed by atoms with Gasteiger partial charge in [-0.2, -0.15) is 0 Å². The molecule has 0 unspecified atom stereocenters. The average Bonchev–Trinajstić information content (AvgIpc) is 3.11. The maximum atomic E-state index is 10.9. The number of hydrogen-bond acceptors (Lipinski definition) is 13. The van der Waals surface area contributed by atoms with Crippen molar-refractivity contribution in [3.05, 3.63) is 56.6 Å². The van der Waals surface area contributed by atoms with E-state index in [0.717, 1.165) is 43.2 Å². The molecule has 1 heterocycles. The molecule has 0 bridgehead atoms. The van der Waals surface area contributed by atoms with Crippen LogP contribution in [0.25, 0.3) is 0 Å². The number of nitrogens with two attached hydrogens (primary N) is 3. The third-order valence-electron chi connectivity index (χ3n) is 4.15. The number of anilines is 2. The Morgan fingerprint density at radius 3 is 1.33 bits per heavy atom. The van der Waals surface area contributed by atoms with Crippen LogP contribution in [0.15, 0.2) is 46.2 Å². The monoisotopic (exact) mass is 625 g/mol. The smallest absolute Gasteiger partial charge is 0.744 e. The topological polar surface area (TPSA) is 290 Å². The minimum Gasteiger partial charge on any atom is -0.744 e. The van der Waals surface area contributed by atoms with Crippen LogP contribution >= 0.6 is 0 Å². The van der Waals surface area contributed by atoms with Crippen LogP contribution in [0.4, 0.5) is 22.7 Å². The number of hydrogen-bond donors (Lipinski definition) is 3. The average molecular weight is 626 g/mol. The van der Waals surface area contributed by atoms with Crippen molar-refractivity contribution < 1.29 is 69.2 Å². The third-order valence-corrected chi connectivity index (χ3v) is 7.83. The summed E-state index contributed by atoms with van der Waals surface area (Å²) in [4.78, 5) is 17.8. The van der Waals surface area contributed by atoms with Crippen molar-refractivity contribution in [1.82, 2.24) is 0 Å². The molecule has 0 amide bonds. The van der Waals surface area contributed by atoms with Gasteiger partial charge in [-0.1, -0.05) is 22.3 Å². The van der Waals surface area contributed by atoms with E-state index < -0.39 is 55.3 Å². The van der Waals surface area contributed by atoms with E-state index in [1.165, 1.54) is 0 Å². The summed E-state index contributed by atoms with van der Waals surface area (Å²) in [5.74, 6) is 0.847. The number of sulfone groups is 1.